The van der Waals surface area contributed by atoms with Crippen molar-refractivity contribution >= 4 is 29.9 Å². The van der Waals surface area contributed by atoms with E-state index in [-0.39, 0.29) is 29.6 Å². The molecule has 0 spiro atoms. The number of hydrogen-bond donors (Lipinski definition) is 2. The minimum absolute atomic E-state index is 0. The van der Waals surface area contributed by atoms with Crippen molar-refractivity contribution in [2.24, 2.45) is 4.99 Å². The largest absolute Gasteiger partial charge is 0.380 e. The van der Waals surface area contributed by atoms with Crippen LogP contribution in [0, 0.1) is 0 Å². The molecule has 0 heterocycles. The minimum atomic E-state index is -0.228. The molecule has 0 saturated heterocycles. The zero-order valence-corrected chi connectivity index (χ0v) is 17.1. The summed E-state index contributed by atoms with van der Waals surface area (Å²) in [6, 6.07) is 8.29. The molecule has 0 bridgehead atoms. The summed E-state index contributed by atoms with van der Waals surface area (Å²) in [5, 5.41) is 6.56. The molecule has 1 rings (SSSR count). The molecule has 2 N–H and O–H groups in total. The van der Waals surface area contributed by atoms with E-state index in [0.717, 1.165) is 23.6 Å². The maximum absolute atomic E-state index is 5.41. The van der Waals surface area contributed by atoms with E-state index in [1.165, 1.54) is 0 Å². The molecule has 23 heavy (non-hydrogen) atoms. The van der Waals surface area contributed by atoms with Crippen molar-refractivity contribution in [3.63, 3.8) is 0 Å². The lowest BCUT2D eigenvalue weighted by atomic mass is 10.1. The van der Waals surface area contributed by atoms with Gasteiger partial charge in [0.25, 0.3) is 0 Å². The summed E-state index contributed by atoms with van der Waals surface area (Å²) in [6.45, 7) is 8.90. The van der Waals surface area contributed by atoms with Gasteiger partial charge in [0.1, 0.15) is 0 Å². The second-order valence-electron chi connectivity index (χ2n) is 5.77. The van der Waals surface area contributed by atoms with Gasteiger partial charge >= 0.3 is 0 Å². The van der Waals surface area contributed by atoms with Crippen LogP contribution in [0.1, 0.15) is 31.9 Å². The lowest BCUT2D eigenvalue weighted by Crippen LogP contribution is -2.45. The summed E-state index contributed by atoms with van der Waals surface area (Å²) in [4.78, 5) is 4.62. The topological polar surface area (TPSA) is 54.9 Å². The number of aliphatic imine (C=N–C) groups is 1. The van der Waals surface area contributed by atoms with Gasteiger partial charge in [-0.3, -0.25) is 0 Å². The lowest BCUT2D eigenvalue weighted by molar-refractivity contribution is 0.0268. The van der Waals surface area contributed by atoms with Crippen molar-refractivity contribution in [3.05, 3.63) is 35.4 Å². The highest BCUT2D eigenvalue weighted by Gasteiger charge is 2.16. The molecule has 0 saturated carbocycles. The lowest BCUT2D eigenvalue weighted by Gasteiger charge is -2.24. The summed E-state index contributed by atoms with van der Waals surface area (Å²) in [5.74, 6) is 0.796. The Hall–Kier alpha value is -0.860. The van der Waals surface area contributed by atoms with E-state index in [1.54, 1.807) is 14.2 Å². The monoisotopic (exact) mass is 435 g/mol. The fourth-order valence-corrected chi connectivity index (χ4v) is 1.87. The number of nitrogens with zero attached hydrogens (tertiary/aromatic N) is 1. The van der Waals surface area contributed by atoms with Crippen LogP contribution in [-0.4, -0.2) is 38.9 Å². The highest BCUT2D eigenvalue weighted by molar-refractivity contribution is 14.0. The van der Waals surface area contributed by atoms with E-state index in [1.807, 2.05) is 19.9 Å². The van der Waals surface area contributed by atoms with E-state index < -0.39 is 0 Å². The minimum Gasteiger partial charge on any atom is -0.380 e. The highest BCUT2D eigenvalue weighted by Crippen LogP contribution is 2.08. The molecule has 0 atom stereocenters. The number of hydrogen-bond acceptors (Lipinski definition) is 3. The van der Waals surface area contributed by atoms with Gasteiger partial charge in [-0.2, -0.15) is 0 Å². The number of ether oxygens (including phenoxy) is 2. The fourth-order valence-electron chi connectivity index (χ4n) is 1.87. The first-order chi connectivity index (χ1) is 10.5. The van der Waals surface area contributed by atoms with Crippen LogP contribution in [-0.2, 0) is 22.6 Å². The van der Waals surface area contributed by atoms with Gasteiger partial charge in [-0.05, 0) is 31.9 Å². The third-order valence-electron chi connectivity index (χ3n) is 3.30. The summed E-state index contributed by atoms with van der Waals surface area (Å²) >= 11 is 0. The van der Waals surface area contributed by atoms with Gasteiger partial charge in [0.05, 0.1) is 18.8 Å². The molecule has 0 radical (unpaired) electrons. The van der Waals surface area contributed by atoms with Crippen molar-refractivity contribution in [1.82, 2.24) is 10.6 Å². The number of benzene rings is 1. The van der Waals surface area contributed by atoms with Gasteiger partial charge in [0, 0.05) is 27.3 Å². The smallest absolute Gasteiger partial charge is 0.191 e. The zero-order chi connectivity index (χ0) is 16.4. The standard InChI is InChI=1S/C17H29N3O2.HI/c1-6-18-16(20-13-17(2,3)22-5)19-11-14-8-7-9-15(10-14)12-21-4;/h7-10H,6,11-13H2,1-5H3,(H2,18,19,20);1H. The molecule has 5 nitrogen and oxygen atoms in total. The van der Waals surface area contributed by atoms with Gasteiger partial charge in [0.2, 0.25) is 0 Å². The maximum atomic E-state index is 5.41. The summed E-state index contributed by atoms with van der Waals surface area (Å²) in [5.41, 5.74) is 2.10. The van der Waals surface area contributed by atoms with Crippen molar-refractivity contribution in [2.75, 3.05) is 27.3 Å². The molecule has 1 aromatic rings. The predicted molar refractivity (Wildman–Crippen MR) is 106 cm³/mol. The average molecular weight is 435 g/mol. The number of methoxy groups -OCH3 is 2. The maximum Gasteiger partial charge on any atom is 0.191 e. The van der Waals surface area contributed by atoms with Crippen LogP contribution in [0.15, 0.2) is 29.3 Å². The Bertz CT molecular complexity index is 479. The van der Waals surface area contributed by atoms with Crippen molar-refractivity contribution in [1.29, 1.82) is 0 Å². The van der Waals surface area contributed by atoms with E-state index in [9.17, 15) is 0 Å². The van der Waals surface area contributed by atoms with Gasteiger partial charge in [-0.1, -0.05) is 24.3 Å². The van der Waals surface area contributed by atoms with Crippen LogP contribution in [0.3, 0.4) is 0 Å². The van der Waals surface area contributed by atoms with E-state index in [2.05, 4.69) is 40.7 Å². The predicted octanol–water partition coefficient (Wildman–Crippen LogP) is 2.93. The Labute approximate surface area is 157 Å². The van der Waals surface area contributed by atoms with E-state index in [4.69, 9.17) is 9.47 Å². The summed E-state index contributed by atoms with van der Waals surface area (Å²) in [7, 11) is 3.42. The normalized spacial score (nSPS) is 11.8. The summed E-state index contributed by atoms with van der Waals surface area (Å²) in [6.07, 6.45) is 0. The van der Waals surface area contributed by atoms with Crippen LogP contribution in [0.5, 0.6) is 0 Å². The highest BCUT2D eigenvalue weighted by atomic mass is 127. The van der Waals surface area contributed by atoms with Gasteiger partial charge in [0.15, 0.2) is 5.96 Å². The molecule has 0 aliphatic rings. The molecule has 0 fully saturated rings. The Morgan fingerprint density at radius 1 is 1.17 bits per heavy atom. The number of halogens is 1. The Morgan fingerprint density at radius 3 is 2.48 bits per heavy atom. The Morgan fingerprint density at radius 2 is 1.87 bits per heavy atom. The van der Waals surface area contributed by atoms with E-state index >= 15 is 0 Å². The molecule has 1 aromatic carbocycles. The number of nitrogens with one attached hydrogen (secondary N) is 2. The molecule has 6 heteroatoms. The van der Waals surface area contributed by atoms with Gasteiger partial charge < -0.3 is 20.1 Å². The van der Waals surface area contributed by atoms with Gasteiger partial charge in [-0.25, -0.2) is 4.99 Å². The van der Waals surface area contributed by atoms with Crippen LogP contribution in [0.4, 0.5) is 0 Å². The second-order valence-corrected chi connectivity index (χ2v) is 5.77. The van der Waals surface area contributed by atoms with Crippen LogP contribution in [0.25, 0.3) is 0 Å². The molecular weight excluding hydrogens is 405 g/mol. The fraction of sp³-hybridized carbons (Fsp3) is 0.588. The van der Waals surface area contributed by atoms with Crippen molar-refractivity contribution in [2.45, 2.75) is 39.5 Å². The Balaban J connectivity index is 0.00000484. The number of rotatable bonds is 8. The van der Waals surface area contributed by atoms with Crippen LogP contribution in [0.2, 0.25) is 0 Å². The third-order valence-corrected chi connectivity index (χ3v) is 3.30. The molecule has 0 aliphatic heterocycles. The van der Waals surface area contributed by atoms with Crippen molar-refractivity contribution in [3.8, 4) is 0 Å². The zero-order valence-electron chi connectivity index (χ0n) is 14.8. The summed E-state index contributed by atoms with van der Waals surface area (Å²) < 4.78 is 10.6. The quantitative estimate of drug-likeness (QED) is 0.375. The molecule has 0 aliphatic carbocycles. The molecule has 132 valence electrons. The van der Waals surface area contributed by atoms with Crippen LogP contribution < -0.4 is 10.6 Å². The second kappa shape index (κ2) is 11.6. The first-order valence-corrected chi connectivity index (χ1v) is 7.65. The first kappa shape index (κ1) is 22.1. The van der Waals surface area contributed by atoms with Crippen molar-refractivity contribution < 1.29 is 9.47 Å². The Kier molecular flexibility index (Phi) is 11.2. The first-order valence-electron chi connectivity index (χ1n) is 7.65. The number of guanidine groups is 1. The molecule has 0 aromatic heterocycles. The van der Waals surface area contributed by atoms with Gasteiger partial charge in [-0.15, -0.1) is 24.0 Å². The van der Waals surface area contributed by atoms with E-state index in [0.29, 0.717) is 19.7 Å². The molecule has 0 unspecified atom stereocenters. The third kappa shape index (κ3) is 9.12. The SMILES string of the molecule is CCNC(=NCc1cccc(COC)c1)NCC(C)(C)OC.I. The molecule has 0 amide bonds. The molecular formula is C17H30IN3O2. The van der Waals surface area contributed by atoms with Crippen LogP contribution >= 0.6 is 24.0 Å². The average Bonchev–Trinajstić information content (AvgIpc) is 2.51.